The molecule has 0 radical (unpaired) electrons. The Labute approximate surface area is 249 Å². The van der Waals surface area contributed by atoms with E-state index in [0.29, 0.717) is 9.78 Å². The number of aromatic nitrogens is 1. The Bertz CT molecular complexity index is 1840. The quantitative estimate of drug-likeness (QED) is 0.157. The van der Waals surface area contributed by atoms with E-state index in [9.17, 15) is 37.7 Å². The highest BCUT2D eigenvalue weighted by Crippen LogP contribution is 2.55. The largest absolute Gasteiger partial charge is 0.489 e. The first-order chi connectivity index (χ1) is 20.4. The van der Waals surface area contributed by atoms with E-state index in [0.717, 1.165) is 52.4 Å². The van der Waals surface area contributed by atoms with E-state index in [4.69, 9.17) is 4.74 Å². The number of H-pyrrole nitrogens is 1. The minimum absolute atomic E-state index is 0.0643. The topological polar surface area (TPSA) is 123 Å². The number of nitro benzene ring substituents is 1. The highest BCUT2D eigenvalue weighted by Gasteiger charge is 2.58. The smallest absolute Gasteiger partial charge is 0.418 e. The first-order valence-corrected chi connectivity index (χ1v) is 14.5. The van der Waals surface area contributed by atoms with Crippen molar-refractivity contribution in [3.8, 4) is 5.75 Å². The number of amides is 2. The predicted octanol–water partition coefficient (Wildman–Crippen LogP) is 6.05. The third kappa shape index (κ3) is 5.10. The number of fused-ring (bicyclic) bond motifs is 2. The van der Waals surface area contributed by atoms with Crippen molar-refractivity contribution in [2.24, 2.45) is 5.92 Å². The summed E-state index contributed by atoms with van der Waals surface area (Å²) in [6.45, 7) is 1.99. The maximum Gasteiger partial charge on any atom is 0.418 e. The molecule has 4 aromatic rings. The molecule has 2 aliphatic rings. The van der Waals surface area contributed by atoms with E-state index < -0.39 is 56.1 Å². The van der Waals surface area contributed by atoms with Crippen molar-refractivity contribution < 1.29 is 32.4 Å². The van der Waals surface area contributed by atoms with Gasteiger partial charge in [0.25, 0.3) is 5.69 Å². The SMILES string of the molecule is Cc1ccc(COc2ccc([N+](=O)[O-])cc2[C@H]2c3sc(=O)[nH]c3SC3C(=O)N(c4ccccc4C(F)(F)F)C(=O)C32)cc1. The molecule has 0 spiro atoms. The summed E-state index contributed by atoms with van der Waals surface area (Å²) >= 11 is 1.65. The van der Waals surface area contributed by atoms with E-state index in [1.54, 1.807) is 0 Å². The summed E-state index contributed by atoms with van der Waals surface area (Å²) in [4.78, 5) is 54.4. The van der Waals surface area contributed by atoms with Gasteiger partial charge in [-0.05, 0) is 30.7 Å². The lowest BCUT2D eigenvalue weighted by Gasteiger charge is -2.30. The van der Waals surface area contributed by atoms with Crippen LogP contribution in [-0.4, -0.2) is 27.0 Å². The second kappa shape index (κ2) is 10.7. The van der Waals surface area contributed by atoms with Crippen LogP contribution in [0.4, 0.5) is 24.5 Å². The molecule has 2 unspecified atom stereocenters. The Kier molecular flexibility index (Phi) is 7.13. The lowest BCUT2D eigenvalue weighted by molar-refractivity contribution is -0.385. The average molecular weight is 628 g/mol. The van der Waals surface area contributed by atoms with E-state index in [1.165, 1.54) is 24.3 Å². The highest BCUT2D eigenvalue weighted by molar-refractivity contribution is 8.00. The number of para-hydroxylation sites is 1. The van der Waals surface area contributed by atoms with Crippen molar-refractivity contribution in [3.63, 3.8) is 0 Å². The van der Waals surface area contributed by atoms with Crippen LogP contribution in [0.15, 0.2) is 76.6 Å². The van der Waals surface area contributed by atoms with Gasteiger partial charge in [0, 0.05) is 28.5 Å². The van der Waals surface area contributed by atoms with Crippen molar-refractivity contribution in [1.82, 2.24) is 4.98 Å². The third-order valence-corrected chi connectivity index (χ3v) is 9.73. The minimum atomic E-state index is -4.85. The molecule has 3 heterocycles. The van der Waals surface area contributed by atoms with Gasteiger partial charge in [0.05, 0.1) is 27.1 Å². The molecule has 3 aromatic carbocycles. The number of anilines is 1. The van der Waals surface area contributed by atoms with Crippen molar-refractivity contribution in [2.45, 2.75) is 35.9 Å². The van der Waals surface area contributed by atoms with Gasteiger partial charge in [0.2, 0.25) is 11.8 Å². The molecule has 14 heteroatoms. The normalized spacial score (nSPS) is 19.7. The van der Waals surface area contributed by atoms with Crippen LogP contribution < -0.4 is 14.5 Å². The first kappa shape index (κ1) is 28.7. The summed E-state index contributed by atoms with van der Waals surface area (Å²) in [7, 11) is 0. The van der Waals surface area contributed by atoms with Crippen molar-refractivity contribution in [1.29, 1.82) is 0 Å². The number of carbonyl (C=O) groups excluding carboxylic acids is 2. The number of hydrogen-bond donors (Lipinski definition) is 1. The number of nitrogens with zero attached hydrogens (tertiary/aromatic N) is 2. The maximum absolute atomic E-state index is 14.0. The van der Waals surface area contributed by atoms with Crippen LogP contribution in [0.1, 0.15) is 33.0 Å². The summed E-state index contributed by atoms with van der Waals surface area (Å²) in [5, 5.41) is 10.9. The second-order valence-electron chi connectivity index (χ2n) is 10.0. The number of benzene rings is 3. The summed E-state index contributed by atoms with van der Waals surface area (Å²) in [5.74, 6) is -4.00. The van der Waals surface area contributed by atoms with Crippen LogP contribution >= 0.6 is 23.1 Å². The Morgan fingerprint density at radius 3 is 2.44 bits per heavy atom. The number of ether oxygens (including phenoxy) is 1. The fraction of sp³-hybridized carbons (Fsp3) is 0.207. The highest BCUT2D eigenvalue weighted by atomic mass is 32.2. The number of nitrogens with one attached hydrogen (secondary N) is 1. The van der Waals surface area contributed by atoms with Crippen LogP contribution in [-0.2, 0) is 22.4 Å². The number of halogens is 3. The van der Waals surface area contributed by atoms with Crippen molar-refractivity contribution in [3.05, 3.63) is 114 Å². The molecule has 9 nitrogen and oxygen atoms in total. The second-order valence-corrected chi connectivity index (χ2v) is 12.2. The molecule has 2 amide bonds. The van der Waals surface area contributed by atoms with E-state index in [-0.39, 0.29) is 28.6 Å². The number of aromatic amines is 1. The van der Waals surface area contributed by atoms with Gasteiger partial charge in [-0.3, -0.25) is 24.5 Å². The van der Waals surface area contributed by atoms with Gasteiger partial charge in [-0.2, -0.15) is 13.2 Å². The molecule has 1 aromatic heterocycles. The van der Waals surface area contributed by atoms with Gasteiger partial charge in [-0.1, -0.05) is 65.1 Å². The number of alkyl halides is 3. The fourth-order valence-electron chi connectivity index (χ4n) is 5.37. The first-order valence-electron chi connectivity index (χ1n) is 12.8. The summed E-state index contributed by atoms with van der Waals surface area (Å²) in [5.41, 5.74) is -0.0984. The summed E-state index contributed by atoms with van der Waals surface area (Å²) in [6, 6.07) is 15.6. The molecule has 1 saturated heterocycles. The molecule has 6 rings (SSSR count). The predicted molar refractivity (Wildman–Crippen MR) is 152 cm³/mol. The molecule has 220 valence electrons. The standard InChI is InChI=1S/C29H20F3N3O6S2/c1-14-6-8-15(9-7-14)13-41-20-11-10-16(35(39)40)12-17(20)21-22-24(42-25-23(21)43-28(38)33-25)27(37)34(26(22)36)19-5-3-2-4-18(19)29(30,31)32/h2-12,21-22,24H,13H2,1H3,(H,33,38)/t21-,22?,24?/m1/s1. The lowest BCUT2D eigenvalue weighted by Crippen LogP contribution is -2.33. The van der Waals surface area contributed by atoms with Gasteiger partial charge in [-0.25, -0.2) is 4.90 Å². The van der Waals surface area contributed by atoms with Gasteiger partial charge in [-0.15, -0.1) is 0 Å². The number of thioether (sulfide) groups is 1. The molecule has 0 aliphatic carbocycles. The molecule has 43 heavy (non-hydrogen) atoms. The Hall–Kier alpha value is -4.43. The van der Waals surface area contributed by atoms with E-state index in [2.05, 4.69) is 4.98 Å². The molecule has 0 saturated carbocycles. The number of aryl methyl sites for hydroxylation is 1. The van der Waals surface area contributed by atoms with Crippen LogP contribution in [0.2, 0.25) is 0 Å². The van der Waals surface area contributed by atoms with E-state index in [1.807, 2.05) is 31.2 Å². The van der Waals surface area contributed by atoms with Crippen LogP contribution in [0.25, 0.3) is 0 Å². The molecule has 1 N–H and O–H groups in total. The molecule has 0 bridgehead atoms. The fourth-order valence-corrected chi connectivity index (χ4v) is 7.87. The third-order valence-electron chi connectivity index (χ3n) is 7.33. The minimum Gasteiger partial charge on any atom is -0.489 e. The summed E-state index contributed by atoms with van der Waals surface area (Å²) < 4.78 is 47.9. The number of hydrogen-bond acceptors (Lipinski definition) is 8. The molecule has 3 atom stereocenters. The van der Waals surface area contributed by atoms with Crippen LogP contribution in [0.3, 0.4) is 0 Å². The number of carbonyl (C=O) groups is 2. The number of thiazole rings is 1. The van der Waals surface area contributed by atoms with Gasteiger partial charge in [0.1, 0.15) is 17.6 Å². The molecular formula is C29H20F3N3O6S2. The average Bonchev–Trinajstić information content (AvgIpc) is 3.46. The Balaban J connectivity index is 1.49. The monoisotopic (exact) mass is 627 g/mol. The Morgan fingerprint density at radius 1 is 1.02 bits per heavy atom. The van der Waals surface area contributed by atoms with Gasteiger partial charge >= 0.3 is 11.0 Å². The Morgan fingerprint density at radius 2 is 1.74 bits per heavy atom. The zero-order chi connectivity index (χ0) is 30.6. The molecule has 2 aliphatic heterocycles. The summed E-state index contributed by atoms with van der Waals surface area (Å²) in [6.07, 6.45) is -4.85. The van der Waals surface area contributed by atoms with Gasteiger partial charge in [0.15, 0.2) is 0 Å². The number of rotatable bonds is 6. The maximum atomic E-state index is 14.0. The number of non-ortho nitro benzene ring substituents is 1. The zero-order valence-corrected chi connectivity index (χ0v) is 23.7. The zero-order valence-electron chi connectivity index (χ0n) is 22.1. The number of imide groups is 1. The lowest BCUT2D eigenvalue weighted by atomic mass is 9.82. The molecule has 1 fully saturated rings. The van der Waals surface area contributed by atoms with Crippen molar-refractivity contribution >= 4 is 46.3 Å². The van der Waals surface area contributed by atoms with Gasteiger partial charge < -0.3 is 9.72 Å². The number of nitro groups is 1. The van der Waals surface area contributed by atoms with E-state index >= 15 is 0 Å². The van der Waals surface area contributed by atoms with Crippen LogP contribution in [0, 0.1) is 23.0 Å². The molecular weight excluding hydrogens is 607 g/mol. The van der Waals surface area contributed by atoms with Crippen molar-refractivity contribution in [2.75, 3.05) is 4.90 Å². The van der Waals surface area contributed by atoms with Crippen LogP contribution in [0.5, 0.6) is 5.75 Å².